The molecule has 1 fully saturated rings. The number of hydrogen-bond acceptors (Lipinski definition) is 4. The number of aryl methyl sites for hydroxylation is 1. The third kappa shape index (κ3) is 3.75. The summed E-state index contributed by atoms with van der Waals surface area (Å²) in [7, 11) is 0. The van der Waals surface area contributed by atoms with Gasteiger partial charge in [0.15, 0.2) is 5.69 Å². The maximum Gasteiger partial charge on any atom is 0.277 e. The van der Waals surface area contributed by atoms with Gasteiger partial charge >= 0.3 is 0 Å². The molecule has 5 rings (SSSR count). The summed E-state index contributed by atoms with van der Waals surface area (Å²) in [5.41, 5.74) is 10.1. The number of amides is 3. The number of primary amides is 1. The Morgan fingerprint density at radius 2 is 1.53 bits per heavy atom. The fourth-order valence-electron chi connectivity index (χ4n) is 4.76. The van der Waals surface area contributed by atoms with Crippen LogP contribution in [-0.2, 0) is 17.6 Å². The number of carbonyl (C=O) groups is 3. The molecule has 3 aromatic rings. The van der Waals surface area contributed by atoms with Crippen LogP contribution in [0.5, 0.6) is 0 Å². The molecule has 8 heteroatoms. The standard InChI is InChI=1S/C26H27N5O3/c1-2-17-6-8-20(9-7-17)31-24-21(23(28-31)25(27)33)14-16-30(26(24)34)19-12-10-18(11-13-19)29-15-4-3-5-22(29)32/h6-13H,2-5,14-16H2,1H3,(H2,27,33). The van der Waals surface area contributed by atoms with Gasteiger partial charge in [-0.2, -0.15) is 5.10 Å². The number of nitrogens with zero attached hydrogens (tertiary/aromatic N) is 4. The van der Waals surface area contributed by atoms with E-state index in [0.717, 1.165) is 37.2 Å². The van der Waals surface area contributed by atoms with Gasteiger partial charge in [0.1, 0.15) is 5.69 Å². The highest BCUT2D eigenvalue weighted by molar-refractivity contribution is 6.09. The molecule has 174 valence electrons. The zero-order chi connectivity index (χ0) is 23.8. The van der Waals surface area contributed by atoms with E-state index in [9.17, 15) is 14.4 Å². The molecule has 0 bridgehead atoms. The predicted molar refractivity (Wildman–Crippen MR) is 129 cm³/mol. The van der Waals surface area contributed by atoms with Crippen molar-refractivity contribution in [3.05, 3.63) is 71.0 Å². The minimum absolute atomic E-state index is 0.134. The largest absolute Gasteiger partial charge is 0.364 e. The van der Waals surface area contributed by atoms with Crippen LogP contribution in [0.1, 0.15) is 58.3 Å². The van der Waals surface area contributed by atoms with Gasteiger partial charge in [0, 0.05) is 36.4 Å². The van der Waals surface area contributed by atoms with Gasteiger partial charge in [-0.3, -0.25) is 14.4 Å². The summed E-state index contributed by atoms with van der Waals surface area (Å²) < 4.78 is 1.53. The monoisotopic (exact) mass is 457 g/mol. The average Bonchev–Trinajstić information content (AvgIpc) is 3.26. The van der Waals surface area contributed by atoms with Crippen molar-refractivity contribution in [2.24, 2.45) is 5.73 Å². The predicted octanol–water partition coefficient (Wildman–Crippen LogP) is 3.25. The molecule has 2 aliphatic rings. The Bertz CT molecular complexity index is 1260. The number of piperidine rings is 1. The number of anilines is 2. The Morgan fingerprint density at radius 3 is 2.15 bits per heavy atom. The van der Waals surface area contributed by atoms with Crippen molar-refractivity contribution in [1.82, 2.24) is 9.78 Å². The topological polar surface area (TPSA) is 102 Å². The fourth-order valence-corrected chi connectivity index (χ4v) is 4.76. The first kappa shape index (κ1) is 21.9. The minimum atomic E-state index is -0.642. The molecule has 0 spiro atoms. The lowest BCUT2D eigenvalue weighted by molar-refractivity contribution is -0.119. The van der Waals surface area contributed by atoms with Gasteiger partial charge in [0.25, 0.3) is 11.8 Å². The highest BCUT2D eigenvalue weighted by Crippen LogP contribution is 2.30. The van der Waals surface area contributed by atoms with E-state index in [1.54, 1.807) is 9.80 Å². The van der Waals surface area contributed by atoms with Crippen molar-refractivity contribution in [3.8, 4) is 5.69 Å². The van der Waals surface area contributed by atoms with Crippen molar-refractivity contribution in [2.45, 2.75) is 39.0 Å². The smallest absolute Gasteiger partial charge is 0.277 e. The molecule has 2 aromatic carbocycles. The first-order valence-electron chi connectivity index (χ1n) is 11.7. The van der Waals surface area contributed by atoms with E-state index in [4.69, 9.17) is 5.73 Å². The van der Waals surface area contributed by atoms with E-state index in [0.29, 0.717) is 36.3 Å². The van der Waals surface area contributed by atoms with Gasteiger partial charge in [0.05, 0.1) is 5.69 Å². The maximum absolute atomic E-state index is 13.7. The third-order valence-electron chi connectivity index (χ3n) is 6.64. The number of carbonyl (C=O) groups excluding carboxylic acids is 3. The van der Waals surface area contributed by atoms with E-state index in [1.165, 1.54) is 10.2 Å². The zero-order valence-corrected chi connectivity index (χ0v) is 19.2. The van der Waals surface area contributed by atoms with Crippen molar-refractivity contribution in [3.63, 3.8) is 0 Å². The molecule has 1 saturated heterocycles. The van der Waals surface area contributed by atoms with Gasteiger partial charge in [-0.05, 0) is 67.6 Å². The normalized spacial score (nSPS) is 16.0. The van der Waals surface area contributed by atoms with Crippen LogP contribution in [0.2, 0.25) is 0 Å². The second-order valence-corrected chi connectivity index (χ2v) is 8.70. The minimum Gasteiger partial charge on any atom is -0.364 e. The Balaban J connectivity index is 1.49. The Kier molecular flexibility index (Phi) is 5.65. The second-order valence-electron chi connectivity index (χ2n) is 8.70. The van der Waals surface area contributed by atoms with E-state index in [2.05, 4.69) is 12.0 Å². The van der Waals surface area contributed by atoms with Crippen LogP contribution in [-0.4, -0.2) is 40.6 Å². The van der Waals surface area contributed by atoms with E-state index in [1.807, 2.05) is 48.5 Å². The lowest BCUT2D eigenvalue weighted by Gasteiger charge is -2.29. The summed E-state index contributed by atoms with van der Waals surface area (Å²) in [5, 5.41) is 4.43. The van der Waals surface area contributed by atoms with Gasteiger partial charge < -0.3 is 15.5 Å². The molecule has 1 aromatic heterocycles. The summed E-state index contributed by atoms with van der Waals surface area (Å²) in [6.45, 7) is 3.20. The third-order valence-corrected chi connectivity index (χ3v) is 6.64. The summed E-state index contributed by atoms with van der Waals surface area (Å²) in [5.74, 6) is -0.741. The SMILES string of the molecule is CCc1ccc(-n2nc(C(N)=O)c3c2C(=O)N(c2ccc(N4CCCCC4=O)cc2)CC3)cc1. The number of fused-ring (bicyclic) bond motifs is 1. The quantitative estimate of drug-likeness (QED) is 0.635. The van der Waals surface area contributed by atoms with Crippen LogP contribution in [0.3, 0.4) is 0 Å². The van der Waals surface area contributed by atoms with Crippen molar-refractivity contribution >= 4 is 29.1 Å². The fraction of sp³-hybridized carbons (Fsp3) is 0.308. The van der Waals surface area contributed by atoms with Gasteiger partial charge in [-0.25, -0.2) is 4.68 Å². The van der Waals surface area contributed by atoms with Crippen LogP contribution >= 0.6 is 0 Å². The molecule has 3 amide bonds. The van der Waals surface area contributed by atoms with Gasteiger partial charge in [-0.15, -0.1) is 0 Å². The summed E-state index contributed by atoms with van der Waals surface area (Å²) in [6.07, 6.45) is 3.86. The first-order chi connectivity index (χ1) is 16.5. The van der Waals surface area contributed by atoms with Crippen LogP contribution in [0.25, 0.3) is 5.69 Å². The van der Waals surface area contributed by atoms with E-state index < -0.39 is 5.91 Å². The van der Waals surface area contributed by atoms with Crippen molar-refractivity contribution < 1.29 is 14.4 Å². The van der Waals surface area contributed by atoms with Crippen LogP contribution in [0.4, 0.5) is 11.4 Å². The maximum atomic E-state index is 13.7. The first-order valence-corrected chi connectivity index (χ1v) is 11.7. The summed E-state index contributed by atoms with van der Waals surface area (Å²) in [4.78, 5) is 41.5. The molecule has 0 atom stereocenters. The summed E-state index contributed by atoms with van der Waals surface area (Å²) in [6, 6.07) is 15.3. The molecule has 34 heavy (non-hydrogen) atoms. The number of nitrogens with two attached hydrogens (primary N) is 1. The lowest BCUT2D eigenvalue weighted by Crippen LogP contribution is -2.39. The van der Waals surface area contributed by atoms with Crippen LogP contribution in [0, 0.1) is 0 Å². The Morgan fingerprint density at radius 1 is 0.882 bits per heavy atom. The molecule has 0 saturated carbocycles. The number of benzene rings is 2. The van der Waals surface area contributed by atoms with Gasteiger partial charge in [-0.1, -0.05) is 19.1 Å². The van der Waals surface area contributed by atoms with E-state index in [-0.39, 0.29) is 17.5 Å². The van der Waals surface area contributed by atoms with Crippen molar-refractivity contribution in [1.29, 1.82) is 0 Å². The molecule has 3 heterocycles. The number of aromatic nitrogens is 2. The van der Waals surface area contributed by atoms with E-state index >= 15 is 0 Å². The molecule has 8 nitrogen and oxygen atoms in total. The zero-order valence-electron chi connectivity index (χ0n) is 19.2. The van der Waals surface area contributed by atoms with Gasteiger partial charge in [0.2, 0.25) is 5.91 Å². The number of rotatable bonds is 5. The summed E-state index contributed by atoms with van der Waals surface area (Å²) >= 11 is 0. The molecule has 2 N–H and O–H groups in total. The molecule has 0 unspecified atom stereocenters. The Hall–Kier alpha value is -3.94. The van der Waals surface area contributed by atoms with Crippen molar-refractivity contribution in [2.75, 3.05) is 22.9 Å². The molecular weight excluding hydrogens is 430 g/mol. The lowest BCUT2D eigenvalue weighted by atomic mass is 10.0. The second kappa shape index (κ2) is 8.78. The molecule has 2 aliphatic heterocycles. The number of hydrogen-bond donors (Lipinski definition) is 1. The molecule has 0 aliphatic carbocycles. The molecular formula is C26H27N5O3. The average molecular weight is 458 g/mol. The Labute approximate surface area is 197 Å². The molecule has 0 radical (unpaired) electrons. The van der Waals surface area contributed by atoms with Crippen LogP contribution in [0.15, 0.2) is 48.5 Å². The highest BCUT2D eigenvalue weighted by atomic mass is 16.2. The highest BCUT2D eigenvalue weighted by Gasteiger charge is 2.34. The van der Waals surface area contributed by atoms with Crippen LogP contribution < -0.4 is 15.5 Å².